The number of carbonyl (C=O) groups is 1. The number of carboxylic acids is 1. The minimum atomic E-state index is -1.01. The van der Waals surface area contributed by atoms with Gasteiger partial charge in [-0.3, -0.25) is 0 Å². The van der Waals surface area contributed by atoms with Gasteiger partial charge in [-0.2, -0.15) is 0 Å². The van der Waals surface area contributed by atoms with E-state index in [9.17, 15) is 9.90 Å². The van der Waals surface area contributed by atoms with Crippen molar-refractivity contribution < 1.29 is 24.2 Å². The maximum Gasteiger partial charge on any atom is 0.345 e. The lowest BCUT2D eigenvalue weighted by atomic mass is 9.87. The summed E-state index contributed by atoms with van der Waals surface area (Å²) in [4.78, 5) is 17.3. The standard InChI is InChI=1S/C35H37NO5/c1-25(27-12-14-29(15-13-27)28-8-6-5-7-9-28)36-40-23-22-39-31-18-10-26(11-19-31)24-33(34(37)38)41-32-20-16-30(17-21-32)35(2,3)4/h5-21,33H,22-24H2,1-4H3,(H,37,38)/b36-25-. The molecule has 0 saturated heterocycles. The molecule has 0 amide bonds. The van der Waals surface area contributed by atoms with Gasteiger partial charge in [0.2, 0.25) is 0 Å². The van der Waals surface area contributed by atoms with Gasteiger partial charge in [0.25, 0.3) is 0 Å². The molecule has 1 unspecified atom stereocenters. The molecule has 212 valence electrons. The average molecular weight is 552 g/mol. The summed E-state index contributed by atoms with van der Waals surface area (Å²) in [6, 6.07) is 33.4. The second-order valence-electron chi connectivity index (χ2n) is 10.9. The van der Waals surface area contributed by atoms with Crippen LogP contribution < -0.4 is 9.47 Å². The van der Waals surface area contributed by atoms with E-state index in [0.29, 0.717) is 24.7 Å². The quantitative estimate of drug-likeness (QED) is 0.112. The third kappa shape index (κ3) is 8.70. The molecule has 0 aliphatic heterocycles. The lowest BCUT2D eigenvalue weighted by Gasteiger charge is -2.20. The second kappa shape index (κ2) is 13.7. The van der Waals surface area contributed by atoms with Crippen LogP contribution in [0.15, 0.2) is 108 Å². The zero-order valence-corrected chi connectivity index (χ0v) is 24.0. The Hall–Kier alpha value is -4.58. The van der Waals surface area contributed by atoms with E-state index in [-0.39, 0.29) is 11.8 Å². The predicted octanol–water partition coefficient (Wildman–Crippen LogP) is 7.55. The van der Waals surface area contributed by atoms with Crippen molar-refractivity contribution in [3.63, 3.8) is 0 Å². The molecule has 0 heterocycles. The Labute approximate surface area is 242 Å². The highest BCUT2D eigenvalue weighted by Crippen LogP contribution is 2.25. The molecule has 6 nitrogen and oxygen atoms in total. The molecular weight excluding hydrogens is 514 g/mol. The zero-order chi connectivity index (χ0) is 29.2. The molecule has 0 fully saturated rings. The van der Waals surface area contributed by atoms with Crippen LogP contribution in [0.1, 0.15) is 44.4 Å². The number of aliphatic carboxylic acids is 1. The first kappa shape index (κ1) is 29.4. The fourth-order valence-corrected chi connectivity index (χ4v) is 4.24. The van der Waals surface area contributed by atoms with Crippen molar-refractivity contribution in [3.05, 3.63) is 120 Å². The number of benzene rings is 4. The van der Waals surface area contributed by atoms with Gasteiger partial charge < -0.3 is 19.4 Å². The SMILES string of the molecule is C/C(=N/OCCOc1ccc(CC(Oc2ccc(C(C)(C)C)cc2)C(=O)O)cc1)c1ccc(-c2ccccc2)cc1. The van der Waals surface area contributed by atoms with Crippen molar-refractivity contribution in [3.8, 4) is 22.6 Å². The summed E-state index contributed by atoms with van der Waals surface area (Å²) < 4.78 is 11.5. The average Bonchev–Trinajstić information content (AvgIpc) is 2.97. The smallest absolute Gasteiger partial charge is 0.345 e. The summed E-state index contributed by atoms with van der Waals surface area (Å²) in [5.41, 5.74) is 6.12. The van der Waals surface area contributed by atoms with Gasteiger partial charge in [-0.05, 0) is 64.4 Å². The topological polar surface area (TPSA) is 77.3 Å². The fraction of sp³-hybridized carbons (Fsp3) is 0.257. The maximum absolute atomic E-state index is 11.8. The minimum absolute atomic E-state index is 0.0166. The zero-order valence-electron chi connectivity index (χ0n) is 24.0. The molecule has 0 aromatic heterocycles. The van der Waals surface area contributed by atoms with E-state index in [1.54, 1.807) is 0 Å². The lowest BCUT2D eigenvalue weighted by Crippen LogP contribution is -2.29. The van der Waals surface area contributed by atoms with Gasteiger partial charge in [0.1, 0.15) is 18.1 Å². The Balaban J connectivity index is 1.22. The summed E-state index contributed by atoms with van der Waals surface area (Å²) >= 11 is 0. The number of hydrogen-bond acceptors (Lipinski definition) is 5. The normalized spacial score (nSPS) is 12.4. The first-order valence-electron chi connectivity index (χ1n) is 13.7. The van der Waals surface area contributed by atoms with Crippen LogP contribution in [0.4, 0.5) is 0 Å². The largest absolute Gasteiger partial charge is 0.490 e. The van der Waals surface area contributed by atoms with Crippen LogP contribution in [0.5, 0.6) is 11.5 Å². The van der Waals surface area contributed by atoms with E-state index >= 15 is 0 Å². The molecular formula is C35H37NO5. The van der Waals surface area contributed by atoms with Crippen molar-refractivity contribution in [2.45, 2.75) is 45.6 Å². The summed E-state index contributed by atoms with van der Waals surface area (Å²) in [6.45, 7) is 8.92. The first-order chi connectivity index (χ1) is 19.7. The highest BCUT2D eigenvalue weighted by atomic mass is 16.6. The second-order valence-corrected chi connectivity index (χ2v) is 10.9. The number of ether oxygens (including phenoxy) is 2. The van der Waals surface area contributed by atoms with Gasteiger partial charge in [-0.1, -0.05) is 105 Å². The summed E-state index contributed by atoms with van der Waals surface area (Å²) in [5.74, 6) is 0.193. The summed E-state index contributed by atoms with van der Waals surface area (Å²) in [5, 5.41) is 13.9. The molecule has 4 aromatic rings. The van der Waals surface area contributed by atoms with Gasteiger partial charge in [0.15, 0.2) is 12.7 Å². The Bertz CT molecular complexity index is 1420. The van der Waals surface area contributed by atoms with Crippen molar-refractivity contribution in [2.24, 2.45) is 5.16 Å². The van der Waals surface area contributed by atoms with Crippen molar-refractivity contribution in [1.82, 2.24) is 0 Å². The van der Waals surface area contributed by atoms with Crippen LogP contribution in [0.25, 0.3) is 11.1 Å². The van der Waals surface area contributed by atoms with Gasteiger partial charge in [0, 0.05) is 6.42 Å². The molecule has 4 aromatic carbocycles. The molecule has 0 aliphatic rings. The third-order valence-electron chi connectivity index (χ3n) is 6.67. The fourth-order valence-electron chi connectivity index (χ4n) is 4.24. The van der Waals surface area contributed by atoms with Crippen LogP contribution in [-0.2, 0) is 21.5 Å². The number of nitrogens with zero attached hydrogens (tertiary/aromatic N) is 1. The van der Waals surface area contributed by atoms with Crippen molar-refractivity contribution >= 4 is 11.7 Å². The molecule has 0 bridgehead atoms. The first-order valence-corrected chi connectivity index (χ1v) is 13.7. The number of oxime groups is 1. The van der Waals surface area contributed by atoms with Crippen molar-refractivity contribution in [1.29, 1.82) is 0 Å². The molecule has 1 atom stereocenters. The molecule has 0 spiro atoms. The van der Waals surface area contributed by atoms with E-state index in [2.05, 4.69) is 50.2 Å². The van der Waals surface area contributed by atoms with E-state index in [0.717, 1.165) is 28.0 Å². The van der Waals surface area contributed by atoms with E-state index in [4.69, 9.17) is 14.3 Å². The van der Waals surface area contributed by atoms with Crippen LogP contribution in [-0.4, -0.2) is 36.1 Å². The number of hydrogen-bond donors (Lipinski definition) is 1. The highest BCUT2D eigenvalue weighted by molar-refractivity contribution is 5.98. The number of carboxylic acid groups (broad SMARTS) is 1. The van der Waals surface area contributed by atoms with Crippen LogP contribution in [0.2, 0.25) is 0 Å². The van der Waals surface area contributed by atoms with Crippen LogP contribution in [0.3, 0.4) is 0 Å². The Morgan fingerprint density at radius 1 is 0.780 bits per heavy atom. The van der Waals surface area contributed by atoms with Crippen LogP contribution in [0, 0.1) is 0 Å². The van der Waals surface area contributed by atoms with E-state index in [1.165, 1.54) is 5.56 Å². The molecule has 6 heteroatoms. The van der Waals surface area contributed by atoms with Crippen LogP contribution >= 0.6 is 0 Å². The lowest BCUT2D eigenvalue weighted by molar-refractivity contribution is -0.145. The van der Waals surface area contributed by atoms with Gasteiger partial charge >= 0.3 is 5.97 Å². The van der Waals surface area contributed by atoms with Crippen molar-refractivity contribution in [2.75, 3.05) is 13.2 Å². The highest BCUT2D eigenvalue weighted by Gasteiger charge is 2.21. The molecule has 0 aliphatic carbocycles. The van der Waals surface area contributed by atoms with E-state index in [1.807, 2.05) is 85.8 Å². The van der Waals surface area contributed by atoms with Gasteiger partial charge in [-0.25, -0.2) is 4.79 Å². The molecule has 41 heavy (non-hydrogen) atoms. The number of rotatable bonds is 12. The Kier molecular flexibility index (Phi) is 9.80. The summed E-state index contributed by atoms with van der Waals surface area (Å²) in [6.07, 6.45) is -0.758. The van der Waals surface area contributed by atoms with Gasteiger partial charge in [-0.15, -0.1) is 0 Å². The van der Waals surface area contributed by atoms with E-state index < -0.39 is 12.1 Å². The third-order valence-corrected chi connectivity index (χ3v) is 6.67. The predicted molar refractivity (Wildman–Crippen MR) is 163 cm³/mol. The van der Waals surface area contributed by atoms with Gasteiger partial charge in [0.05, 0.1) is 5.71 Å². The molecule has 0 radical (unpaired) electrons. The Morgan fingerprint density at radius 2 is 1.39 bits per heavy atom. The molecule has 1 N–H and O–H groups in total. The maximum atomic E-state index is 11.8. The molecule has 4 rings (SSSR count). The Morgan fingerprint density at radius 3 is 2.00 bits per heavy atom. The monoisotopic (exact) mass is 551 g/mol. The summed E-state index contributed by atoms with van der Waals surface area (Å²) in [7, 11) is 0. The molecule has 0 saturated carbocycles. The minimum Gasteiger partial charge on any atom is -0.490 e.